The fraction of sp³-hybridized carbons (Fsp3) is 0.286. The van der Waals surface area contributed by atoms with Crippen LogP contribution in [0.5, 0.6) is 5.88 Å². The topological polar surface area (TPSA) is 75.2 Å². The summed E-state index contributed by atoms with van der Waals surface area (Å²) in [7, 11) is 3.97. The maximum absolute atomic E-state index is 7.65. The van der Waals surface area contributed by atoms with E-state index in [0.29, 0.717) is 18.1 Å². The summed E-state index contributed by atoms with van der Waals surface area (Å²) < 4.78 is 5.61. The molecule has 0 atom stereocenters. The highest BCUT2D eigenvalue weighted by atomic mass is 16.5. The number of likely N-dealkylation sites (N-methyl/N-ethyl adjacent to an activating group) is 1. The SMILES string of the molecule is CN(C)CCOc1cc(C(=N)N)c2ccccc2n1. The zero-order valence-corrected chi connectivity index (χ0v) is 11.2. The Morgan fingerprint density at radius 1 is 1.37 bits per heavy atom. The predicted octanol–water partition coefficient (Wildman–Crippen LogP) is 1.46. The number of aromatic nitrogens is 1. The Hall–Kier alpha value is -2.14. The average Bonchev–Trinajstić information content (AvgIpc) is 2.37. The second kappa shape index (κ2) is 5.67. The molecule has 0 amide bonds. The van der Waals surface area contributed by atoms with Gasteiger partial charge >= 0.3 is 0 Å². The van der Waals surface area contributed by atoms with Gasteiger partial charge in [-0.2, -0.15) is 0 Å². The van der Waals surface area contributed by atoms with Gasteiger partial charge in [0.15, 0.2) is 0 Å². The average molecular weight is 258 g/mol. The maximum Gasteiger partial charge on any atom is 0.214 e. The molecule has 1 aromatic carbocycles. The van der Waals surface area contributed by atoms with E-state index in [2.05, 4.69) is 4.98 Å². The molecule has 0 aliphatic carbocycles. The van der Waals surface area contributed by atoms with E-state index in [1.165, 1.54) is 0 Å². The van der Waals surface area contributed by atoms with Crippen LogP contribution in [0, 0.1) is 5.41 Å². The van der Waals surface area contributed by atoms with Crippen LogP contribution >= 0.6 is 0 Å². The van der Waals surface area contributed by atoms with Crippen LogP contribution in [0.15, 0.2) is 30.3 Å². The number of nitrogens with two attached hydrogens (primary N) is 1. The predicted molar refractivity (Wildman–Crippen MR) is 76.8 cm³/mol. The highest BCUT2D eigenvalue weighted by Crippen LogP contribution is 2.21. The van der Waals surface area contributed by atoms with Gasteiger partial charge in [0.1, 0.15) is 12.4 Å². The number of hydrogen-bond donors (Lipinski definition) is 2. The van der Waals surface area contributed by atoms with Crippen molar-refractivity contribution >= 4 is 16.7 Å². The monoisotopic (exact) mass is 258 g/mol. The van der Waals surface area contributed by atoms with Crippen LogP contribution in [0.25, 0.3) is 10.9 Å². The first-order valence-corrected chi connectivity index (χ1v) is 6.09. The van der Waals surface area contributed by atoms with E-state index in [0.717, 1.165) is 17.4 Å². The lowest BCUT2D eigenvalue weighted by atomic mass is 10.1. The Kier molecular flexibility index (Phi) is 3.97. The molecule has 0 radical (unpaired) electrons. The van der Waals surface area contributed by atoms with Crippen LogP contribution in [-0.2, 0) is 0 Å². The largest absolute Gasteiger partial charge is 0.476 e. The van der Waals surface area contributed by atoms with Gasteiger partial charge in [0.2, 0.25) is 5.88 Å². The Labute approximate surface area is 112 Å². The van der Waals surface area contributed by atoms with Gasteiger partial charge in [0.05, 0.1) is 5.52 Å². The fourth-order valence-electron chi connectivity index (χ4n) is 1.78. The lowest BCUT2D eigenvalue weighted by Gasteiger charge is -2.12. The number of nitrogens with one attached hydrogen (secondary N) is 1. The summed E-state index contributed by atoms with van der Waals surface area (Å²) in [4.78, 5) is 6.46. The number of fused-ring (bicyclic) bond motifs is 1. The number of nitrogens with zero attached hydrogens (tertiary/aromatic N) is 2. The molecule has 0 saturated heterocycles. The number of nitrogen functional groups attached to an aromatic ring is 1. The van der Waals surface area contributed by atoms with Crippen molar-refractivity contribution in [1.29, 1.82) is 5.41 Å². The third kappa shape index (κ3) is 3.20. The fourth-order valence-corrected chi connectivity index (χ4v) is 1.78. The normalized spacial score (nSPS) is 10.9. The number of benzene rings is 1. The summed E-state index contributed by atoms with van der Waals surface area (Å²) in [5.74, 6) is 0.529. The second-order valence-electron chi connectivity index (χ2n) is 4.59. The molecule has 0 aliphatic rings. The molecule has 0 spiro atoms. The Morgan fingerprint density at radius 2 is 2.11 bits per heavy atom. The van der Waals surface area contributed by atoms with Crippen molar-refractivity contribution < 1.29 is 4.74 Å². The van der Waals surface area contributed by atoms with Gasteiger partial charge in [-0.1, -0.05) is 18.2 Å². The minimum Gasteiger partial charge on any atom is -0.476 e. The molecule has 5 nitrogen and oxygen atoms in total. The van der Waals surface area contributed by atoms with Crippen molar-refractivity contribution in [3.63, 3.8) is 0 Å². The molecule has 0 saturated carbocycles. The van der Waals surface area contributed by atoms with Crippen LogP contribution in [0.3, 0.4) is 0 Å². The summed E-state index contributed by atoms with van der Waals surface area (Å²) in [5.41, 5.74) is 7.06. The van der Waals surface area contributed by atoms with Crippen LogP contribution in [-0.4, -0.2) is 43.0 Å². The standard InChI is InChI=1S/C14H18N4O/c1-18(2)7-8-19-13-9-11(14(15)16)10-5-3-4-6-12(10)17-13/h3-6,9H,7-8H2,1-2H3,(H3,15,16). The van der Waals surface area contributed by atoms with Crippen molar-refractivity contribution in [2.75, 3.05) is 27.2 Å². The van der Waals surface area contributed by atoms with E-state index >= 15 is 0 Å². The molecule has 0 bridgehead atoms. The maximum atomic E-state index is 7.65. The van der Waals surface area contributed by atoms with E-state index in [1.54, 1.807) is 6.07 Å². The molecule has 2 aromatic rings. The molecule has 0 aliphatic heterocycles. The van der Waals surface area contributed by atoms with E-state index in [-0.39, 0.29) is 5.84 Å². The molecule has 5 heteroatoms. The van der Waals surface area contributed by atoms with Gasteiger partial charge in [0.25, 0.3) is 0 Å². The zero-order chi connectivity index (χ0) is 13.8. The van der Waals surface area contributed by atoms with Crippen molar-refractivity contribution in [2.24, 2.45) is 5.73 Å². The molecule has 0 fully saturated rings. The summed E-state index contributed by atoms with van der Waals surface area (Å²) in [6.07, 6.45) is 0. The van der Waals surface area contributed by atoms with Crippen molar-refractivity contribution in [3.05, 3.63) is 35.9 Å². The molecular weight excluding hydrogens is 240 g/mol. The third-order valence-electron chi connectivity index (χ3n) is 2.77. The van der Waals surface area contributed by atoms with Gasteiger partial charge in [-0.3, -0.25) is 5.41 Å². The highest BCUT2D eigenvalue weighted by Gasteiger charge is 2.08. The van der Waals surface area contributed by atoms with E-state index in [9.17, 15) is 0 Å². The van der Waals surface area contributed by atoms with Crippen LogP contribution in [0.4, 0.5) is 0 Å². The van der Waals surface area contributed by atoms with Crippen LogP contribution in [0.2, 0.25) is 0 Å². The first-order valence-electron chi connectivity index (χ1n) is 6.09. The molecule has 0 unspecified atom stereocenters. The third-order valence-corrected chi connectivity index (χ3v) is 2.77. The minimum atomic E-state index is 0.0241. The summed E-state index contributed by atoms with van der Waals surface area (Å²) in [6.45, 7) is 1.36. The van der Waals surface area contributed by atoms with Gasteiger partial charge in [-0.25, -0.2) is 4.98 Å². The zero-order valence-electron chi connectivity index (χ0n) is 11.2. The summed E-state index contributed by atoms with van der Waals surface area (Å²) in [5, 5.41) is 8.52. The van der Waals surface area contributed by atoms with Crippen molar-refractivity contribution in [2.45, 2.75) is 0 Å². The smallest absolute Gasteiger partial charge is 0.214 e. The number of rotatable bonds is 5. The second-order valence-corrected chi connectivity index (χ2v) is 4.59. The quantitative estimate of drug-likeness (QED) is 0.629. The molecule has 19 heavy (non-hydrogen) atoms. The molecular formula is C14H18N4O. The van der Waals surface area contributed by atoms with Crippen LogP contribution in [0.1, 0.15) is 5.56 Å². The number of ether oxygens (including phenoxy) is 1. The van der Waals surface area contributed by atoms with Gasteiger partial charge in [0, 0.05) is 23.6 Å². The van der Waals surface area contributed by atoms with Crippen molar-refractivity contribution in [1.82, 2.24) is 9.88 Å². The van der Waals surface area contributed by atoms with Crippen molar-refractivity contribution in [3.8, 4) is 5.88 Å². The number of amidine groups is 1. The highest BCUT2D eigenvalue weighted by molar-refractivity contribution is 6.06. The molecule has 1 heterocycles. The lowest BCUT2D eigenvalue weighted by molar-refractivity contribution is 0.254. The first-order chi connectivity index (χ1) is 9.08. The minimum absolute atomic E-state index is 0.0241. The summed E-state index contributed by atoms with van der Waals surface area (Å²) in [6, 6.07) is 9.33. The molecule has 2 rings (SSSR count). The Balaban J connectivity index is 2.33. The number of hydrogen-bond acceptors (Lipinski definition) is 4. The first kappa shape index (κ1) is 13.3. The summed E-state index contributed by atoms with van der Waals surface area (Å²) >= 11 is 0. The number of para-hydroxylation sites is 1. The molecule has 100 valence electrons. The molecule has 3 N–H and O–H groups in total. The van der Waals surface area contributed by atoms with Gasteiger partial charge in [-0.05, 0) is 20.2 Å². The number of pyridine rings is 1. The van der Waals surface area contributed by atoms with E-state index in [4.69, 9.17) is 15.9 Å². The Bertz CT molecular complexity index is 595. The van der Waals surface area contributed by atoms with Gasteiger partial charge < -0.3 is 15.4 Å². The molecule has 1 aromatic heterocycles. The Morgan fingerprint density at radius 3 is 2.79 bits per heavy atom. The van der Waals surface area contributed by atoms with Gasteiger partial charge in [-0.15, -0.1) is 0 Å². The van der Waals surface area contributed by atoms with E-state index < -0.39 is 0 Å². The lowest BCUT2D eigenvalue weighted by Crippen LogP contribution is -2.20. The van der Waals surface area contributed by atoms with Crippen LogP contribution < -0.4 is 10.5 Å². The van der Waals surface area contributed by atoms with E-state index in [1.807, 2.05) is 43.3 Å².